The zero-order valence-corrected chi connectivity index (χ0v) is 11.0. The Balaban J connectivity index is 1.76. The molecular weight excluding hydrogens is 234 g/mol. The number of ether oxygens (including phenoxy) is 1. The molecule has 1 fully saturated rings. The van der Waals surface area contributed by atoms with Gasteiger partial charge in [0, 0.05) is 24.2 Å². The van der Waals surface area contributed by atoms with Gasteiger partial charge < -0.3 is 10.1 Å². The van der Waals surface area contributed by atoms with Gasteiger partial charge in [-0.2, -0.15) is 0 Å². The molecule has 1 heterocycles. The fourth-order valence-electron chi connectivity index (χ4n) is 2.20. The lowest BCUT2D eigenvalue weighted by molar-refractivity contribution is 0.108. The van der Waals surface area contributed by atoms with Crippen molar-refractivity contribution in [1.29, 1.82) is 0 Å². The molecule has 0 spiro atoms. The quantitative estimate of drug-likeness (QED) is 0.871. The van der Waals surface area contributed by atoms with E-state index < -0.39 is 0 Å². The molecule has 17 heavy (non-hydrogen) atoms. The van der Waals surface area contributed by atoms with Gasteiger partial charge in [0.25, 0.3) is 0 Å². The first-order chi connectivity index (χ1) is 8.25. The van der Waals surface area contributed by atoms with Crippen LogP contribution in [-0.4, -0.2) is 25.3 Å². The lowest BCUT2D eigenvalue weighted by Gasteiger charge is -2.17. The molecule has 3 heteroatoms. The van der Waals surface area contributed by atoms with E-state index in [9.17, 15) is 0 Å². The number of halogens is 1. The highest BCUT2D eigenvalue weighted by atomic mass is 35.5. The lowest BCUT2D eigenvalue weighted by atomic mass is 10.1. The van der Waals surface area contributed by atoms with E-state index in [1.165, 1.54) is 18.4 Å². The van der Waals surface area contributed by atoms with Gasteiger partial charge in [-0.1, -0.05) is 29.8 Å². The van der Waals surface area contributed by atoms with Crippen molar-refractivity contribution >= 4 is 11.6 Å². The average molecular weight is 254 g/mol. The van der Waals surface area contributed by atoms with E-state index in [1.54, 1.807) is 0 Å². The maximum Gasteiger partial charge on any atom is 0.0700 e. The SMILES string of the molecule is CC(Cc1ccccc1Cl)NCC1CCCO1. The summed E-state index contributed by atoms with van der Waals surface area (Å²) in [6.45, 7) is 4.06. The van der Waals surface area contributed by atoms with E-state index in [0.29, 0.717) is 12.1 Å². The summed E-state index contributed by atoms with van der Waals surface area (Å²) in [5, 5.41) is 4.38. The number of rotatable bonds is 5. The molecule has 1 saturated heterocycles. The summed E-state index contributed by atoms with van der Waals surface area (Å²) in [5.41, 5.74) is 1.21. The Morgan fingerprint density at radius 3 is 3.00 bits per heavy atom. The molecule has 0 amide bonds. The summed E-state index contributed by atoms with van der Waals surface area (Å²) in [6.07, 6.45) is 3.76. The molecule has 1 aromatic rings. The van der Waals surface area contributed by atoms with Crippen LogP contribution in [0.15, 0.2) is 24.3 Å². The van der Waals surface area contributed by atoms with E-state index >= 15 is 0 Å². The monoisotopic (exact) mass is 253 g/mol. The molecule has 2 unspecified atom stereocenters. The smallest absolute Gasteiger partial charge is 0.0700 e. The van der Waals surface area contributed by atoms with Gasteiger partial charge in [0.2, 0.25) is 0 Å². The van der Waals surface area contributed by atoms with Gasteiger partial charge >= 0.3 is 0 Å². The van der Waals surface area contributed by atoms with E-state index in [0.717, 1.165) is 24.6 Å². The Hall–Kier alpha value is -0.570. The van der Waals surface area contributed by atoms with Crippen LogP contribution in [0, 0.1) is 0 Å². The minimum Gasteiger partial charge on any atom is -0.377 e. The van der Waals surface area contributed by atoms with Crippen molar-refractivity contribution in [3.8, 4) is 0 Å². The van der Waals surface area contributed by atoms with Crippen LogP contribution in [-0.2, 0) is 11.2 Å². The van der Waals surface area contributed by atoms with E-state index in [4.69, 9.17) is 16.3 Å². The molecule has 0 aromatic heterocycles. The molecule has 2 atom stereocenters. The average Bonchev–Trinajstić information content (AvgIpc) is 2.82. The summed E-state index contributed by atoms with van der Waals surface area (Å²) >= 11 is 6.14. The Labute approximate surface area is 108 Å². The molecule has 0 radical (unpaired) electrons. The van der Waals surface area contributed by atoms with Crippen molar-refractivity contribution in [3.05, 3.63) is 34.9 Å². The topological polar surface area (TPSA) is 21.3 Å². The number of hydrogen-bond acceptors (Lipinski definition) is 2. The molecule has 1 aliphatic heterocycles. The number of hydrogen-bond donors (Lipinski definition) is 1. The summed E-state index contributed by atoms with van der Waals surface area (Å²) in [7, 11) is 0. The predicted octanol–water partition coefficient (Wildman–Crippen LogP) is 3.04. The Bertz CT molecular complexity index is 350. The maximum atomic E-state index is 6.14. The standard InChI is InChI=1S/C14H20ClNO/c1-11(16-10-13-6-4-8-17-13)9-12-5-2-3-7-14(12)15/h2-3,5,7,11,13,16H,4,6,8-10H2,1H3. The molecule has 0 saturated carbocycles. The lowest BCUT2D eigenvalue weighted by Crippen LogP contribution is -2.34. The molecular formula is C14H20ClNO. The van der Waals surface area contributed by atoms with Gasteiger partial charge in [-0.15, -0.1) is 0 Å². The van der Waals surface area contributed by atoms with Gasteiger partial charge in [0.1, 0.15) is 0 Å². The first-order valence-electron chi connectivity index (χ1n) is 6.34. The second kappa shape index (κ2) is 6.39. The van der Waals surface area contributed by atoms with Crippen LogP contribution >= 0.6 is 11.6 Å². The van der Waals surface area contributed by atoms with Crippen molar-refractivity contribution in [2.75, 3.05) is 13.2 Å². The molecule has 2 rings (SSSR count). The number of nitrogens with one attached hydrogen (secondary N) is 1. The zero-order chi connectivity index (χ0) is 12.1. The summed E-state index contributed by atoms with van der Waals surface area (Å²) in [5.74, 6) is 0. The third kappa shape index (κ3) is 3.98. The molecule has 1 N–H and O–H groups in total. The first-order valence-corrected chi connectivity index (χ1v) is 6.72. The fraction of sp³-hybridized carbons (Fsp3) is 0.571. The van der Waals surface area contributed by atoms with Crippen LogP contribution in [0.5, 0.6) is 0 Å². The Morgan fingerprint density at radius 1 is 1.47 bits per heavy atom. The van der Waals surface area contributed by atoms with Gasteiger partial charge in [0.05, 0.1) is 6.10 Å². The molecule has 0 aliphatic carbocycles. The third-order valence-electron chi connectivity index (χ3n) is 3.20. The van der Waals surface area contributed by atoms with Crippen LogP contribution in [0.25, 0.3) is 0 Å². The largest absolute Gasteiger partial charge is 0.377 e. The normalized spacial score (nSPS) is 21.6. The van der Waals surface area contributed by atoms with Crippen molar-refractivity contribution < 1.29 is 4.74 Å². The Morgan fingerprint density at radius 2 is 2.29 bits per heavy atom. The van der Waals surface area contributed by atoms with Crippen molar-refractivity contribution in [3.63, 3.8) is 0 Å². The molecule has 94 valence electrons. The predicted molar refractivity (Wildman–Crippen MR) is 71.6 cm³/mol. The third-order valence-corrected chi connectivity index (χ3v) is 3.57. The minimum atomic E-state index is 0.406. The maximum absolute atomic E-state index is 6.14. The highest BCUT2D eigenvalue weighted by Gasteiger charge is 2.16. The van der Waals surface area contributed by atoms with Crippen LogP contribution < -0.4 is 5.32 Å². The van der Waals surface area contributed by atoms with E-state index in [-0.39, 0.29) is 0 Å². The van der Waals surface area contributed by atoms with Crippen LogP contribution in [0.3, 0.4) is 0 Å². The number of benzene rings is 1. The fourth-order valence-corrected chi connectivity index (χ4v) is 2.42. The minimum absolute atomic E-state index is 0.406. The Kier molecular flexibility index (Phi) is 4.84. The molecule has 0 bridgehead atoms. The molecule has 1 aliphatic rings. The van der Waals surface area contributed by atoms with Crippen LogP contribution in [0.2, 0.25) is 5.02 Å². The van der Waals surface area contributed by atoms with Gasteiger partial charge in [-0.3, -0.25) is 0 Å². The summed E-state index contributed by atoms with van der Waals surface area (Å²) in [6, 6.07) is 8.47. The van der Waals surface area contributed by atoms with Crippen molar-refractivity contribution in [2.45, 2.75) is 38.3 Å². The second-order valence-corrected chi connectivity index (χ2v) is 5.15. The van der Waals surface area contributed by atoms with E-state index in [2.05, 4.69) is 18.3 Å². The van der Waals surface area contributed by atoms with Crippen LogP contribution in [0.1, 0.15) is 25.3 Å². The molecule has 2 nitrogen and oxygen atoms in total. The van der Waals surface area contributed by atoms with Gasteiger partial charge in [-0.05, 0) is 37.8 Å². The summed E-state index contributed by atoms with van der Waals surface area (Å²) < 4.78 is 5.59. The van der Waals surface area contributed by atoms with Gasteiger partial charge in [0.15, 0.2) is 0 Å². The first kappa shape index (κ1) is 12.9. The summed E-state index contributed by atoms with van der Waals surface area (Å²) in [4.78, 5) is 0. The van der Waals surface area contributed by atoms with Crippen LogP contribution in [0.4, 0.5) is 0 Å². The van der Waals surface area contributed by atoms with E-state index in [1.807, 2.05) is 18.2 Å². The van der Waals surface area contributed by atoms with Crippen molar-refractivity contribution in [1.82, 2.24) is 5.32 Å². The molecule has 1 aromatic carbocycles. The highest BCUT2D eigenvalue weighted by molar-refractivity contribution is 6.31. The highest BCUT2D eigenvalue weighted by Crippen LogP contribution is 2.17. The zero-order valence-electron chi connectivity index (χ0n) is 10.3. The van der Waals surface area contributed by atoms with Crippen molar-refractivity contribution in [2.24, 2.45) is 0 Å². The van der Waals surface area contributed by atoms with Gasteiger partial charge in [-0.25, -0.2) is 0 Å². The second-order valence-electron chi connectivity index (χ2n) is 4.74.